The van der Waals surface area contributed by atoms with Gasteiger partial charge < -0.3 is 10.1 Å². The summed E-state index contributed by atoms with van der Waals surface area (Å²) in [6.45, 7) is 10.8. The van der Waals surface area contributed by atoms with E-state index in [0.29, 0.717) is 5.56 Å². The second-order valence-corrected chi connectivity index (χ2v) is 6.92. The van der Waals surface area contributed by atoms with E-state index in [4.69, 9.17) is 4.74 Å². The number of ether oxygens (including phenoxy) is 1. The second kappa shape index (κ2) is 7.10. The maximum atomic E-state index is 13.0. The van der Waals surface area contributed by atoms with E-state index in [-0.39, 0.29) is 18.1 Å². The van der Waals surface area contributed by atoms with Crippen molar-refractivity contribution in [1.29, 1.82) is 0 Å². The molecule has 0 bridgehead atoms. The normalized spacial score (nSPS) is 21.0. The van der Waals surface area contributed by atoms with E-state index in [1.54, 1.807) is 7.11 Å². The van der Waals surface area contributed by atoms with Gasteiger partial charge in [0.05, 0.1) is 23.2 Å². The molecule has 1 aromatic carbocycles. The average Bonchev–Trinajstić information content (AvgIpc) is 3.00. The molecule has 25 heavy (non-hydrogen) atoms. The van der Waals surface area contributed by atoms with Crippen molar-refractivity contribution in [2.45, 2.75) is 39.8 Å². The summed E-state index contributed by atoms with van der Waals surface area (Å²) in [4.78, 5) is 20.0. The monoisotopic (exact) mass is 341 g/mol. The van der Waals surface area contributed by atoms with Crippen LogP contribution in [0.25, 0.3) is 10.9 Å². The highest BCUT2D eigenvalue weighted by Gasteiger charge is 2.33. The van der Waals surface area contributed by atoms with Crippen molar-refractivity contribution in [3.05, 3.63) is 40.6 Å². The largest absolute Gasteiger partial charge is 0.378 e. The summed E-state index contributed by atoms with van der Waals surface area (Å²) in [7, 11) is 1.71. The molecule has 134 valence electrons. The van der Waals surface area contributed by atoms with Gasteiger partial charge in [0.15, 0.2) is 0 Å². The molecule has 1 aliphatic heterocycles. The Labute approximate surface area is 149 Å². The van der Waals surface area contributed by atoms with Gasteiger partial charge in [0.1, 0.15) is 0 Å². The number of likely N-dealkylation sites (tertiary alicyclic amines) is 1. The Bertz CT molecular complexity index is 803. The SMILES string of the molecule is CCN1C[C@H](NC(=O)c2cc(C)nc3c(C)c(C)ccc23)[C@@H](OC)C1. The molecule has 2 heterocycles. The molecule has 3 rings (SSSR count). The molecular formula is C20H27N3O2. The lowest BCUT2D eigenvalue weighted by atomic mass is 10.0. The fourth-order valence-corrected chi connectivity index (χ4v) is 3.58. The summed E-state index contributed by atoms with van der Waals surface area (Å²) in [6, 6.07) is 5.94. The summed E-state index contributed by atoms with van der Waals surface area (Å²) in [5.74, 6) is -0.0521. The number of methoxy groups -OCH3 is 1. The molecule has 0 saturated carbocycles. The van der Waals surface area contributed by atoms with Crippen molar-refractivity contribution in [2.75, 3.05) is 26.7 Å². The fraction of sp³-hybridized carbons (Fsp3) is 0.500. The van der Waals surface area contributed by atoms with Crippen LogP contribution in [0.15, 0.2) is 18.2 Å². The molecule has 1 fully saturated rings. The minimum absolute atomic E-state index is 0.00696. The number of hydrogen-bond donors (Lipinski definition) is 1. The number of carbonyl (C=O) groups excluding carboxylic acids is 1. The van der Waals surface area contributed by atoms with Crippen LogP contribution in [0.3, 0.4) is 0 Å². The molecule has 1 amide bonds. The van der Waals surface area contributed by atoms with E-state index < -0.39 is 0 Å². The molecule has 1 saturated heterocycles. The van der Waals surface area contributed by atoms with E-state index in [2.05, 4.69) is 42.0 Å². The number of likely N-dealkylation sites (N-methyl/N-ethyl adjacent to an activating group) is 1. The molecule has 5 heteroatoms. The van der Waals surface area contributed by atoms with Crippen LogP contribution < -0.4 is 5.32 Å². The molecule has 0 aliphatic carbocycles. The predicted molar refractivity (Wildman–Crippen MR) is 100 cm³/mol. The van der Waals surface area contributed by atoms with Crippen molar-refractivity contribution in [1.82, 2.24) is 15.2 Å². The van der Waals surface area contributed by atoms with Crippen LogP contribution in [0.1, 0.15) is 34.1 Å². The summed E-state index contributed by atoms with van der Waals surface area (Å²) in [5.41, 5.74) is 4.77. The van der Waals surface area contributed by atoms with Crippen LogP contribution in [0.4, 0.5) is 0 Å². The third-order valence-corrected chi connectivity index (χ3v) is 5.29. The lowest BCUT2D eigenvalue weighted by molar-refractivity contribution is 0.0763. The molecule has 1 N–H and O–H groups in total. The molecule has 1 aliphatic rings. The highest BCUT2D eigenvalue weighted by Crippen LogP contribution is 2.24. The Morgan fingerprint density at radius 2 is 2.08 bits per heavy atom. The topological polar surface area (TPSA) is 54.5 Å². The molecule has 0 radical (unpaired) electrons. The zero-order valence-electron chi connectivity index (χ0n) is 15.7. The van der Waals surface area contributed by atoms with E-state index in [9.17, 15) is 4.79 Å². The molecule has 0 spiro atoms. The molecule has 5 nitrogen and oxygen atoms in total. The first-order chi connectivity index (χ1) is 11.9. The fourth-order valence-electron chi connectivity index (χ4n) is 3.58. The first-order valence-corrected chi connectivity index (χ1v) is 8.88. The zero-order valence-corrected chi connectivity index (χ0v) is 15.7. The molecular weight excluding hydrogens is 314 g/mol. The first-order valence-electron chi connectivity index (χ1n) is 8.88. The van der Waals surface area contributed by atoms with Crippen molar-refractivity contribution < 1.29 is 9.53 Å². The Morgan fingerprint density at radius 1 is 1.32 bits per heavy atom. The lowest BCUT2D eigenvalue weighted by Gasteiger charge is -2.19. The molecule has 1 aromatic heterocycles. The van der Waals surface area contributed by atoms with Gasteiger partial charge in [-0.15, -0.1) is 0 Å². The van der Waals surface area contributed by atoms with Gasteiger partial charge in [0, 0.05) is 31.3 Å². The minimum Gasteiger partial charge on any atom is -0.378 e. The minimum atomic E-state index is -0.0521. The Hall–Kier alpha value is -1.98. The number of hydrogen-bond acceptors (Lipinski definition) is 4. The van der Waals surface area contributed by atoms with Gasteiger partial charge in [-0.3, -0.25) is 14.7 Å². The number of benzene rings is 1. The van der Waals surface area contributed by atoms with Gasteiger partial charge in [0.2, 0.25) is 0 Å². The van der Waals surface area contributed by atoms with E-state index >= 15 is 0 Å². The summed E-state index contributed by atoms with van der Waals surface area (Å²) in [5, 5.41) is 4.09. The third-order valence-electron chi connectivity index (χ3n) is 5.29. The Morgan fingerprint density at radius 3 is 2.76 bits per heavy atom. The number of rotatable bonds is 4. The number of amides is 1. The highest BCUT2D eigenvalue weighted by molar-refractivity contribution is 6.07. The van der Waals surface area contributed by atoms with Crippen LogP contribution in [-0.4, -0.2) is 54.7 Å². The molecule has 2 aromatic rings. The average molecular weight is 341 g/mol. The number of pyridine rings is 1. The number of nitrogens with zero attached hydrogens (tertiary/aromatic N) is 2. The van der Waals surface area contributed by atoms with Crippen molar-refractivity contribution in [3.63, 3.8) is 0 Å². The maximum Gasteiger partial charge on any atom is 0.252 e. The lowest BCUT2D eigenvalue weighted by Crippen LogP contribution is -2.43. The summed E-state index contributed by atoms with van der Waals surface area (Å²) >= 11 is 0. The summed E-state index contributed by atoms with van der Waals surface area (Å²) in [6.07, 6.45) is 0.0297. The summed E-state index contributed by atoms with van der Waals surface area (Å²) < 4.78 is 5.57. The van der Waals surface area contributed by atoms with Crippen LogP contribution in [-0.2, 0) is 4.74 Å². The second-order valence-electron chi connectivity index (χ2n) is 6.92. The number of aryl methyl sites for hydroxylation is 3. The van der Waals surface area contributed by atoms with Gasteiger partial charge in [0.25, 0.3) is 5.91 Å². The third kappa shape index (κ3) is 3.39. The first kappa shape index (κ1) is 17.8. The Kier molecular flexibility index (Phi) is 5.06. The highest BCUT2D eigenvalue weighted by atomic mass is 16.5. The van der Waals surface area contributed by atoms with Crippen LogP contribution in [0.5, 0.6) is 0 Å². The zero-order chi connectivity index (χ0) is 18.1. The number of fused-ring (bicyclic) bond motifs is 1. The van der Waals surface area contributed by atoms with Crippen LogP contribution in [0, 0.1) is 20.8 Å². The Balaban J connectivity index is 1.94. The number of carbonyl (C=O) groups is 1. The van der Waals surface area contributed by atoms with Crippen molar-refractivity contribution in [2.24, 2.45) is 0 Å². The maximum absolute atomic E-state index is 13.0. The van der Waals surface area contributed by atoms with E-state index in [1.807, 2.05) is 19.1 Å². The van der Waals surface area contributed by atoms with Crippen LogP contribution >= 0.6 is 0 Å². The van der Waals surface area contributed by atoms with Crippen LogP contribution in [0.2, 0.25) is 0 Å². The van der Waals surface area contributed by atoms with Gasteiger partial charge in [-0.1, -0.05) is 19.1 Å². The standard InChI is InChI=1S/C20H27N3O2/c1-6-23-10-17(18(11-23)25-5)22-20(24)16-9-13(3)21-19-14(4)12(2)7-8-15(16)19/h7-9,17-18H,6,10-11H2,1-5H3,(H,22,24)/t17-,18-/m0/s1. The van der Waals surface area contributed by atoms with Gasteiger partial charge in [-0.2, -0.15) is 0 Å². The van der Waals surface area contributed by atoms with Crippen molar-refractivity contribution in [3.8, 4) is 0 Å². The van der Waals surface area contributed by atoms with E-state index in [0.717, 1.165) is 41.8 Å². The van der Waals surface area contributed by atoms with E-state index in [1.165, 1.54) is 5.56 Å². The molecule has 0 unspecified atom stereocenters. The van der Waals surface area contributed by atoms with Gasteiger partial charge >= 0.3 is 0 Å². The predicted octanol–water partition coefficient (Wildman–Crippen LogP) is 2.61. The number of nitrogens with one attached hydrogen (secondary N) is 1. The van der Waals surface area contributed by atoms with Gasteiger partial charge in [-0.05, 0) is 44.5 Å². The van der Waals surface area contributed by atoms with Gasteiger partial charge in [-0.25, -0.2) is 0 Å². The molecule has 2 atom stereocenters. The number of aromatic nitrogens is 1. The smallest absolute Gasteiger partial charge is 0.252 e. The van der Waals surface area contributed by atoms with Crippen molar-refractivity contribution >= 4 is 16.8 Å². The quantitative estimate of drug-likeness (QED) is 0.929.